The van der Waals surface area contributed by atoms with Crippen molar-refractivity contribution < 1.29 is 19.8 Å². The summed E-state index contributed by atoms with van der Waals surface area (Å²) in [6, 6.07) is -0.742. The van der Waals surface area contributed by atoms with Gasteiger partial charge in [-0.25, -0.2) is 0 Å². The molecule has 0 aromatic heterocycles. The number of carbonyl (C=O) groups is 2. The van der Waals surface area contributed by atoms with Crippen molar-refractivity contribution in [2.24, 2.45) is 11.5 Å². The van der Waals surface area contributed by atoms with Crippen LogP contribution in [-0.4, -0.2) is 34.7 Å². The molecule has 0 aliphatic carbocycles. The van der Waals surface area contributed by atoms with Crippen LogP contribution in [0.2, 0.25) is 0 Å². The molecule has 0 fully saturated rings. The molecule has 90 valence electrons. The predicted molar refractivity (Wildman–Crippen MR) is 56.4 cm³/mol. The smallest absolute Gasteiger partial charge is 0.320 e. The van der Waals surface area contributed by atoms with Crippen molar-refractivity contribution in [1.29, 1.82) is 0 Å². The van der Waals surface area contributed by atoms with E-state index in [-0.39, 0.29) is 0 Å². The standard InChI is InChI=1S/C5H12N2O2.C4H8O2/c6-3-1-2-4(7)5(8)9;1-2-3-4(5)6/h4H,1-3,6-7H2,(H,8,9);2-3H2,1H3,(H,5,6)/t4-;/m0./s1. The molecule has 1 atom stereocenters. The van der Waals surface area contributed by atoms with Crippen LogP contribution in [0.5, 0.6) is 0 Å². The van der Waals surface area contributed by atoms with Crippen molar-refractivity contribution in [3.8, 4) is 0 Å². The monoisotopic (exact) mass is 220 g/mol. The quantitative estimate of drug-likeness (QED) is 0.499. The van der Waals surface area contributed by atoms with Gasteiger partial charge in [0.1, 0.15) is 6.04 Å². The fraction of sp³-hybridized carbons (Fsp3) is 0.778. The number of nitrogens with two attached hydrogens (primary N) is 2. The van der Waals surface area contributed by atoms with Crippen LogP contribution in [0.25, 0.3) is 0 Å². The minimum atomic E-state index is -0.955. The fourth-order valence-corrected chi connectivity index (χ4v) is 0.675. The van der Waals surface area contributed by atoms with Gasteiger partial charge >= 0.3 is 11.9 Å². The highest BCUT2D eigenvalue weighted by molar-refractivity contribution is 5.72. The lowest BCUT2D eigenvalue weighted by atomic mass is 10.2. The topological polar surface area (TPSA) is 127 Å². The Morgan fingerprint density at radius 3 is 2.07 bits per heavy atom. The maximum Gasteiger partial charge on any atom is 0.320 e. The van der Waals surface area contributed by atoms with E-state index in [0.29, 0.717) is 25.8 Å². The van der Waals surface area contributed by atoms with Crippen LogP contribution in [0.1, 0.15) is 32.6 Å². The first-order chi connectivity index (χ1) is 6.95. The van der Waals surface area contributed by atoms with E-state index in [1.165, 1.54) is 0 Å². The number of carboxylic acid groups (broad SMARTS) is 2. The Balaban J connectivity index is 0. The number of hydrogen-bond acceptors (Lipinski definition) is 4. The van der Waals surface area contributed by atoms with Crippen LogP contribution in [0.4, 0.5) is 0 Å². The van der Waals surface area contributed by atoms with Crippen LogP contribution in [-0.2, 0) is 9.59 Å². The zero-order valence-electron chi connectivity index (χ0n) is 8.98. The van der Waals surface area contributed by atoms with Crippen molar-refractivity contribution in [1.82, 2.24) is 0 Å². The summed E-state index contributed by atoms with van der Waals surface area (Å²) >= 11 is 0. The van der Waals surface area contributed by atoms with Crippen molar-refractivity contribution >= 4 is 11.9 Å². The van der Waals surface area contributed by atoms with E-state index >= 15 is 0 Å². The molecule has 0 radical (unpaired) electrons. The summed E-state index contributed by atoms with van der Waals surface area (Å²) in [5.74, 6) is -1.67. The van der Waals surface area contributed by atoms with E-state index in [4.69, 9.17) is 21.7 Å². The van der Waals surface area contributed by atoms with Crippen molar-refractivity contribution in [2.45, 2.75) is 38.6 Å². The second-order valence-electron chi connectivity index (χ2n) is 3.02. The van der Waals surface area contributed by atoms with E-state index < -0.39 is 18.0 Å². The molecule has 15 heavy (non-hydrogen) atoms. The van der Waals surface area contributed by atoms with Crippen molar-refractivity contribution in [3.05, 3.63) is 0 Å². The Hall–Kier alpha value is -1.14. The molecule has 0 rings (SSSR count). The Bertz CT molecular complexity index is 185. The first kappa shape index (κ1) is 16.3. The van der Waals surface area contributed by atoms with Gasteiger partial charge in [-0.15, -0.1) is 0 Å². The summed E-state index contributed by atoms with van der Waals surface area (Å²) in [6.45, 7) is 2.34. The van der Waals surface area contributed by atoms with Crippen LogP contribution in [0.15, 0.2) is 0 Å². The molecule has 0 aromatic rings. The number of aliphatic carboxylic acids is 2. The first-order valence-corrected chi connectivity index (χ1v) is 4.85. The van der Waals surface area contributed by atoms with Crippen LogP contribution >= 0.6 is 0 Å². The maximum atomic E-state index is 10.0. The summed E-state index contributed by atoms with van der Waals surface area (Å²) in [6.07, 6.45) is 2.16. The average molecular weight is 220 g/mol. The Kier molecular flexibility index (Phi) is 11.9. The predicted octanol–water partition coefficient (Wildman–Crippen LogP) is 0.00830. The van der Waals surface area contributed by atoms with Gasteiger partial charge in [-0.05, 0) is 25.8 Å². The summed E-state index contributed by atoms with van der Waals surface area (Å²) in [4.78, 5) is 19.6. The van der Waals surface area contributed by atoms with Gasteiger partial charge in [0.25, 0.3) is 0 Å². The second kappa shape index (κ2) is 10.9. The summed E-state index contributed by atoms with van der Waals surface area (Å²) in [5, 5.41) is 16.2. The summed E-state index contributed by atoms with van der Waals surface area (Å²) in [5.41, 5.74) is 10.3. The minimum absolute atomic E-state index is 0.292. The third-order valence-corrected chi connectivity index (χ3v) is 1.50. The zero-order chi connectivity index (χ0) is 12.3. The fourth-order valence-electron chi connectivity index (χ4n) is 0.675. The van der Waals surface area contributed by atoms with E-state index in [1.54, 1.807) is 0 Å². The highest BCUT2D eigenvalue weighted by atomic mass is 16.4. The maximum absolute atomic E-state index is 10.0. The molecule has 0 amide bonds. The van der Waals surface area contributed by atoms with E-state index in [0.717, 1.165) is 6.42 Å². The summed E-state index contributed by atoms with van der Waals surface area (Å²) in [7, 11) is 0. The third-order valence-electron chi connectivity index (χ3n) is 1.50. The highest BCUT2D eigenvalue weighted by Gasteiger charge is 2.08. The normalized spacial score (nSPS) is 11.1. The van der Waals surface area contributed by atoms with Gasteiger partial charge in [0.05, 0.1) is 0 Å². The van der Waals surface area contributed by atoms with E-state index in [9.17, 15) is 9.59 Å². The number of carboxylic acids is 2. The van der Waals surface area contributed by atoms with Gasteiger partial charge in [-0.2, -0.15) is 0 Å². The summed E-state index contributed by atoms with van der Waals surface area (Å²) < 4.78 is 0. The highest BCUT2D eigenvalue weighted by Crippen LogP contribution is 1.91. The Morgan fingerprint density at radius 2 is 1.87 bits per heavy atom. The van der Waals surface area contributed by atoms with Gasteiger partial charge in [-0.3, -0.25) is 9.59 Å². The van der Waals surface area contributed by atoms with E-state index in [1.807, 2.05) is 6.92 Å². The van der Waals surface area contributed by atoms with Gasteiger partial charge in [-0.1, -0.05) is 6.92 Å². The molecular formula is C9H20N2O4. The molecule has 0 aromatic carbocycles. The molecule has 0 saturated heterocycles. The molecule has 6 N–H and O–H groups in total. The minimum Gasteiger partial charge on any atom is -0.481 e. The first-order valence-electron chi connectivity index (χ1n) is 4.85. The van der Waals surface area contributed by atoms with Crippen LogP contribution < -0.4 is 11.5 Å². The lowest BCUT2D eigenvalue weighted by Crippen LogP contribution is -2.30. The molecular weight excluding hydrogens is 200 g/mol. The lowest BCUT2D eigenvalue weighted by molar-refractivity contribution is -0.139. The average Bonchev–Trinajstić information content (AvgIpc) is 2.14. The Labute approximate surface area is 89.3 Å². The molecule has 0 aliphatic rings. The van der Waals surface area contributed by atoms with Crippen molar-refractivity contribution in [3.63, 3.8) is 0 Å². The lowest BCUT2D eigenvalue weighted by Gasteiger charge is -2.02. The van der Waals surface area contributed by atoms with Crippen LogP contribution in [0.3, 0.4) is 0 Å². The van der Waals surface area contributed by atoms with Gasteiger partial charge < -0.3 is 21.7 Å². The number of rotatable bonds is 6. The third kappa shape index (κ3) is 15.6. The van der Waals surface area contributed by atoms with Crippen LogP contribution in [0, 0.1) is 0 Å². The largest absolute Gasteiger partial charge is 0.481 e. The zero-order valence-corrected chi connectivity index (χ0v) is 8.98. The molecule has 0 saturated carbocycles. The molecule has 6 heteroatoms. The molecule has 0 spiro atoms. The van der Waals surface area contributed by atoms with Crippen molar-refractivity contribution in [2.75, 3.05) is 6.54 Å². The van der Waals surface area contributed by atoms with Gasteiger partial charge in [0, 0.05) is 6.42 Å². The molecule has 0 aliphatic heterocycles. The SMILES string of the molecule is CCCC(=O)O.NCCC[C@H](N)C(=O)O. The molecule has 0 bridgehead atoms. The number of hydrogen-bond donors (Lipinski definition) is 4. The Morgan fingerprint density at radius 1 is 1.33 bits per heavy atom. The van der Waals surface area contributed by atoms with Gasteiger partial charge in [0.2, 0.25) is 0 Å². The van der Waals surface area contributed by atoms with E-state index in [2.05, 4.69) is 0 Å². The van der Waals surface area contributed by atoms with Gasteiger partial charge in [0.15, 0.2) is 0 Å². The second-order valence-corrected chi connectivity index (χ2v) is 3.02. The molecule has 0 unspecified atom stereocenters. The molecule has 0 heterocycles. The molecule has 6 nitrogen and oxygen atoms in total.